The Hall–Kier alpha value is -2.99. The minimum atomic E-state index is -0.539. The molecule has 0 saturated carbocycles. The molecule has 2 amide bonds. The van der Waals surface area contributed by atoms with E-state index in [9.17, 15) is 9.59 Å². The summed E-state index contributed by atoms with van der Waals surface area (Å²) in [4.78, 5) is 25.8. The maximum Gasteiger partial charge on any atom is 0.266 e. The third-order valence-corrected chi connectivity index (χ3v) is 3.79. The number of benzene rings is 1. The molecule has 1 aliphatic rings. The molecular formula is C18H14N2O3S. The number of furan rings is 1. The molecule has 24 heavy (non-hydrogen) atoms. The van der Waals surface area contributed by atoms with Crippen LogP contribution in [-0.4, -0.2) is 28.4 Å². The van der Waals surface area contributed by atoms with Gasteiger partial charge in [0, 0.05) is 12.1 Å². The number of thiocarbonyl (C=S) groups is 1. The quantitative estimate of drug-likeness (QED) is 0.403. The van der Waals surface area contributed by atoms with Crippen LogP contribution in [0, 0.1) is 0 Å². The smallest absolute Gasteiger partial charge is 0.266 e. The Labute approximate surface area is 144 Å². The lowest BCUT2D eigenvalue weighted by atomic mass is 10.1. The molecule has 0 radical (unpaired) electrons. The van der Waals surface area contributed by atoms with Gasteiger partial charge >= 0.3 is 0 Å². The Morgan fingerprint density at radius 2 is 1.92 bits per heavy atom. The Bertz CT molecular complexity index is 852. The number of rotatable bonds is 4. The van der Waals surface area contributed by atoms with Gasteiger partial charge in [-0.2, -0.15) is 0 Å². The van der Waals surface area contributed by atoms with Crippen LogP contribution in [0.2, 0.25) is 0 Å². The van der Waals surface area contributed by atoms with Crippen molar-refractivity contribution in [1.82, 2.24) is 10.2 Å². The van der Waals surface area contributed by atoms with Crippen LogP contribution >= 0.6 is 12.2 Å². The molecule has 5 nitrogen and oxygen atoms in total. The molecule has 1 N–H and O–H groups in total. The van der Waals surface area contributed by atoms with E-state index in [2.05, 4.69) is 11.9 Å². The fraction of sp³-hybridized carbons (Fsp3) is 0.0556. The van der Waals surface area contributed by atoms with Crippen molar-refractivity contribution in [2.45, 2.75) is 0 Å². The predicted octanol–water partition coefficient (Wildman–Crippen LogP) is 2.76. The molecule has 0 atom stereocenters. The van der Waals surface area contributed by atoms with E-state index in [0.29, 0.717) is 11.5 Å². The SMILES string of the molecule is C=CCN1C(=O)/C(=C/c2ccc(-c3ccccc3)o2)C(=O)NC1=S. The van der Waals surface area contributed by atoms with Gasteiger partial charge in [0.15, 0.2) is 5.11 Å². The van der Waals surface area contributed by atoms with E-state index in [-0.39, 0.29) is 17.2 Å². The zero-order chi connectivity index (χ0) is 17.1. The van der Waals surface area contributed by atoms with Crippen LogP contribution < -0.4 is 5.32 Å². The van der Waals surface area contributed by atoms with Gasteiger partial charge in [-0.05, 0) is 30.4 Å². The lowest BCUT2D eigenvalue weighted by Crippen LogP contribution is -2.53. The Balaban J connectivity index is 1.91. The topological polar surface area (TPSA) is 62.6 Å². The number of nitrogens with one attached hydrogen (secondary N) is 1. The van der Waals surface area contributed by atoms with Crippen LogP contribution in [0.4, 0.5) is 0 Å². The molecule has 1 aromatic carbocycles. The highest BCUT2D eigenvalue weighted by molar-refractivity contribution is 7.80. The highest BCUT2D eigenvalue weighted by atomic mass is 32.1. The summed E-state index contributed by atoms with van der Waals surface area (Å²) in [5.41, 5.74) is 0.885. The Morgan fingerprint density at radius 1 is 1.17 bits per heavy atom. The average molecular weight is 338 g/mol. The van der Waals surface area contributed by atoms with Crippen molar-refractivity contribution in [3.05, 3.63) is 66.5 Å². The van der Waals surface area contributed by atoms with Crippen molar-refractivity contribution in [3.63, 3.8) is 0 Å². The molecule has 1 aliphatic heterocycles. The van der Waals surface area contributed by atoms with Crippen LogP contribution in [-0.2, 0) is 9.59 Å². The van der Waals surface area contributed by atoms with E-state index in [0.717, 1.165) is 5.56 Å². The lowest BCUT2D eigenvalue weighted by molar-refractivity contribution is -0.128. The van der Waals surface area contributed by atoms with Gasteiger partial charge in [-0.3, -0.25) is 19.8 Å². The fourth-order valence-electron chi connectivity index (χ4n) is 2.32. The summed E-state index contributed by atoms with van der Waals surface area (Å²) >= 11 is 5.01. The van der Waals surface area contributed by atoms with Gasteiger partial charge in [0.25, 0.3) is 11.8 Å². The van der Waals surface area contributed by atoms with Gasteiger partial charge in [0.2, 0.25) is 0 Å². The van der Waals surface area contributed by atoms with E-state index in [1.165, 1.54) is 11.0 Å². The molecule has 0 spiro atoms. The molecule has 1 fully saturated rings. The van der Waals surface area contributed by atoms with Gasteiger partial charge < -0.3 is 4.42 Å². The standard InChI is InChI=1S/C18H14N2O3S/c1-2-10-20-17(22)14(16(21)19-18(20)24)11-13-8-9-15(23-13)12-6-4-3-5-7-12/h2-9,11H,1,10H2,(H,19,21,24)/b14-11+. The fourth-order valence-corrected chi connectivity index (χ4v) is 2.57. The molecule has 6 heteroatoms. The van der Waals surface area contributed by atoms with E-state index < -0.39 is 11.8 Å². The number of carbonyl (C=O) groups is 2. The number of amides is 2. The van der Waals surface area contributed by atoms with E-state index in [1.54, 1.807) is 18.2 Å². The van der Waals surface area contributed by atoms with Crippen molar-refractivity contribution < 1.29 is 14.0 Å². The van der Waals surface area contributed by atoms with Gasteiger partial charge in [0.05, 0.1) is 0 Å². The highest BCUT2D eigenvalue weighted by Gasteiger charge is 2.32. The zero-order valence-electron chi connectivity index (χ0n) is 12.7. The van der Waals surface area contributed by atoms with Gasteiger partial charge in [-0.25, -0.2) is 0 Å². The van der Waals surface area contributed by atoms with Crippen LogP contribution in [0.15, 0.2) is 65.1 Å². The number of hydrogen-bond donors (Lipinski definition) is 1. The van der Waals surface area contributed by atoms with Gasteiger partial charge in [0.1, 0.15) is 17.1 Å². The summed E-state index contributed by atoms with van der Waals surface area (Å²) in [5, 5.41) is 2.57. The molecule has 2 heterocycles. The molecule has 120 valence electrons. The third-order valence-electron chi connectivity index (χ3n) is 3.47. The number of hydrogen-bond acceptors (Lipinski definition) is 4. The normalized spacial score (nSPS) is 16.4. The first-order valence-corrected chi connectivity index (χ1v) is 7.66. The largest absolute Gasteiger partial charge is 0.457 e. The first-order valence-electron chi connectivity index (χ1n) is 7.25. The van der Waals surface area contributed by atoms with Crippen molar-refractivity contribution in [1.29, 1.82) is 0 Å². The Kier molecular flexibility index (Phi) is 4.39. The van der Waals surface area contributed by atoms with Crippen molar-refractivity contribution in [2.75, 3.05) is 6.54 Å². The summed E-state index contributed by atoms with van der Waals surface area (Å²) in [6, 6.07) is 13.1. The monoisotopic (exact) mass is 338 g/mol. The second-order valence-corrected chi connectivity index (χ2v) is 5.48. The van der Waals surface area contributed by atoms with Crippen molar-refractivity contribution in [3.8, 4) is 11.3 Å². The van der Waals surface area contributed by atoms with E-state index >= 15 is 0 Å². The first kappa shape index (κ1) is 15.9. The van der Waals surface area contributed by atoms with Crippen LogP contribution in [0.1, 0.15) is 5.76 Å². The molecular weight excluding hydrogens is 324 g/mol. The van der Waals surface area contributed by atoms with Gasteiger partial charge in [-0.1, -0.05) is 36.4 Å². The summed E-state index contributed by atoms with van der Waals surface area (Å²) in [6.07, 6.45) is 2.96. The summed E-state index contributed by atoms with van der Waals surface area (Å²) in [5.74, 6) is 0.0626. The third kappa shape index (κ3) is 3.04. The van der Waals surface area contributed by atoms with Gasteiger partial charge in [-0.15, -0.1) is 6.58 Å². The number of nitrogens with zero attached hydrogens (tertiary/aromatic N) is 1. The molecule has 2 aromatic rings. The van der Waals surface area contributed by atoms with Crippen LogP contribution in [0.25, 0.3) is 17.4 Å². The van der Waals surface area contributed by atoms with Crippen LogP contribution in [0.5, 0.6) is 0 Å². The molecule has 1 aromatic heterocycles. The molecule has 0 unspecified atom stereocenters. The molecule has 1 saturated heterocycles. The second kappa shape index (κ2) is 6.64. The minimum Gasteiger partial charge on any atom is -0.457 e. The molecule has 0 bridgehead atoms. The second-order valence-electron chi connectivity index (χ2n) is 5.09. The summed E-state index contributed by atoms with van der Waals surface area (Å²) < 4.78 is 5.71. The van der Waals surface area contributed by atoms with Crippen molar-refractivity contribution in [2.24, 2.45) is 0 Å². The maximum atomic E-state index is 12.4. The zero-order valence-corrected chi connectivity index (χ0v) is 13.5. The minimum absolute atomic E-state index is 0.0283. The van der Waals surface area contributed by atoms with E-state index in [4.69, 9.17) is 16.6 Å². The molecule has 0 aliphatic carbocycles. The number of carbonyl (C=O) groups excluding carboxylic acids is 2. The average Bonchev–Trinajstić information content (AvgIpc) is 3.05. The molecule has 3 rings (SSSR count). The Morgan fingerprint density at radius 3 is 2.62 bits per heavy atom. The lowest BCUT2D eigenvalue weighted by Gasteiger charge is -2.27. The van der Waals surface area contributed by atoms with Crippen LogP contribution in [0.3, 0.4) is 0 Å². The highest BCUT2D eigenvalue weighted by Crippen LogP contribution is 2.24. The van der Waals surface area contributed by atoms with E-state index in [1.807, 2.05) is 30.3 Å². The summed E-state index contributed by atoms with van der Waals surface area (Å²) in [7, 11) is 0. The van der Waals surface area contributed by atoms with Crippen molar-refractivity contribution >= 4 is 35.2 Å². The summed E-state index contributed by atoms with van der Waals surface area (Å²) in [6.45, 7) is 3.81. The predicted molar refractivity (Wildman–Crippen MR) is 94.8 cm³/mol. The first-order chi connectivity index (χ1) is 11.6. The maximum absolute atomic E-state index is 12.4.